The highest BCUT2D eigenvalue weighted by molar-refractivity contribution is 9.10. The Bertz CT molecular complexity index is 787. The highest BCUT2D eigenvalue weighted by Crippen LogP contribution is 2.24. The fourth-order valence-corrected chi connectivity index (χ4v) is 2.80. The monoisotopic (exact) mass is 386 g/mol. The molecule has 0 fully saturated rings. The van der Waals surface area contributed by atoms with Crippen LogP contribution < -0.4 is 10.1 Å². The second-order valence-electron chi connectivity index (χ2n) is 5.56. The number of aryl methyl sites for hydroxylation is 1. The van der Waals surface area contributed by atoms with Gasteiger partial charge in [0.25, 0.3) is 0 Å². The third-order valence-electron chi connectivity index (χ3n) is 3.56. The van der Waals surface area contributed by atoms with Crippen molar-refractivity contribution < 1.29 is 9.26 Å². The summed E-state index contributed by atoms with van der Waals surface area (Å²) in [6.45, 7) is 3.79. The molecule has 0 aliphatic carbocycles. The number of aromatic nitrogens is 1. The Balaban J connectivity index is 1.62. The quantitative estimate of drug-likeness (QED) is 0.643. The van der Waals surface area contributed by atoms with Crippen LogP contribution in [0.3, 0.4) is 0 Å². The first-order chi connectivity index (χ1) is 11.7. The van der Waals surface area contributed by atoms with Crippen LogP contribution in [0.25, 0.3) is 0 Å². The lowest BCUT2D eigenvalue weighted by atomic mass is 10.2. The first-order valence-corrected chi connectivity index (χ1v) is 8.58. The Labute approximate surface area is 150 Å². The highest BCUT2D eigenvalue weighted by atomic mass is 79.9. The van der Waals surface area contributed by atoms with Gasteiger partial charge in [-0.1, -0.05) is 51.4 Å². The molecule has 0 unspecified atom stereocenters. The van der Waals surface area contributed by atoms with Crippen molar-refractivity contribution in [3.63, 3.8) is 0 Å². The Morgan fingerprint density at radius 3 is 2.67 bits per heavy atom. The summed E-state index contributed by atoms with van der Waals surface area (Å²) in [4.78, 5) is 0. The molecule has 0 aliphatic heterocycles. The van der Waals surface area contributed by atoms with Gasteiger partial charge in [0.1, 0.15) is 18.1 Å². The van der Waals surface area contributed by atoms with Gasteiger partial charge in [0, 0.05) is 29.2 Å². The number of hydrogen-bond donors (Lipinski definition) is 1. The third kappa shape index (κ3) is 4.69. The van der Waals surface area contributed by atoms with Crippen molar-refractivity contribution in [2.24, 2.45) is 0 Å². The Kier molecular flexibility index (Phi) is 5.67. The van der Waals surface area contributed by atoms with E-state index in [1.807, 2.05) is 43.3 Å². The molecule has 1 N–H and O–H groups in total. The molecule has 0 radical (unpaired) electrons. The lowest BCUT2D eigenvalue weighted by Crippen LogP contribution is -2.14. The first-order valence-electron chi connectivity index (χ1n) is 7.79. The molecule has 0 aliphatic rings. The zero-order valence-corrected chi connectivity index (χ0v) is 15.0. The molecule has 0 amide bonds. The Hall–Kier alpha value is -2.11. The summed E-state index contributed by atoms with van der Waals surface area (Å²) in [5, 5.41) is 7.36. The normalized spacial score (nSPS) is 10.8. The molecular weight excluding hydrogens is 368 g/mol. The maximum Gasteiger partial charge on any atom is 0.133 e. The molecule has 24 heavy (non-hydrogen) atoms. The van der Waals surface area contributed by atoms with Crippen molar-refractivity contribution in [2.75, 3.05) is 0 Å². The molecular formula is C19H19BrN2O2. The average Bonchev–Trinajstić information content (AvgIpc) is 3.00. The number of benzene rings is 2. The van der Waals surface area contributed by atoms with Crippen LogP contribution in [0.4, 0.5) is 0 Å². The summed E-state index contributed by atoms with van der Waals surface area (Å²) in [6, 6.07) is 18.1. The van der Waals surface area contributed by atoms with E-state index in [9.17, 15) is 0 Å². The van der Waals surface area contributed by atoms with E-state index in [0.717, 1.165) is 32.8 Å². The predicted octanol–water partition coefficient (Wildman–Crippen LogP) is 4.61. The molecule has 4 nitrogen and oxygen atoms in total. The molecule has 0 spiro atoms. The van der Waals surface area contributed by atoms with Crippen LogP contribution in [0.1, 0.15) is 22.6 Å². The third-order valence-corrected chi connectivity index (χ3v) is 4.05. The minimum Gasteiger partial charge on any atom is -0.489 e. The smallest absolute Gasteiger partial charge is 0.133 e. The van der Waals surface area contributed by atoms with E-state index in [2.05, 4.69) is 44.6 Å². The largest absolute Gasteiger partial charge is 0.489 e. The summed E-state index contributed by atoms with van der Waals surface area (Å²) in [7, 11) is 0. The molecule has 0 atom stereocenters. The fraction of sp³-hybridized carbons (Fsp3) is 0.211. The van der Waals surface area contributed by atoms with Gasteiger partial charge >= 0.3 is 0 Å². The van der Waals surface area contributed by atoms with Crippen molar-refractivity contribution >= 4 is 15.9 Å². The average molecular weight is 387 g/mol. The number of rotatable bonds is 7. The van der Waals surface area contributed by atoms with Crippen LogP contribution in [-0.4, -0.2) is 5.16 Å². The number of halogens is 1. The van der Waals surface area contributed by atoms with Crippen LogP contribution in [0.5, 0.6) is 5.75 Å². The molecule has 1 heterocycles. The number of nitrogens with one attached hydrogen (secondary N) is 1. The van der Waals surface area contributed by atoms with Gasteiger partial charge < -0.3 is 14.6 Å². The van der Waals surface area contributed by atoms with Gasteiger partial charge in [0.15, 0.2) is 0 Å². The summed E-state index contributed by atoms with van der Waals surface area (Å²) < 4.78 is 12.1. The van der Waals surface area contributed by atoms with E-state index in [1.165, 1.54) is 0 Å². The highest BCUT2D eigenvalue weighted by Gasteiger charge is 2.06. The van der Waals surface area contributed by atoms with E-state index in [1.54, 1.807) is 0 Å². The van der Waals surface area contributed by atoms with Crippen LogP contribution in [0.2, 0.25) is 0 Å². The zero-order chi connectivity index (χ0) is 16.8. The van der Waals surface area contributed by atoms with Gasteiger partial charge in [-0.25, -0.2) is 0 Å². The first kappa shape index (κ1) is 16.7. The van der Waals surface area contributed by atoms with Crippen molar-refractivity contribution in [3.05, 3.63) is 81.7 Å². The van der Waals surface area contributed by atoms with Gasteiger partial charge in [-0.15, -0.1) is 0 Å². The van der Waals surface area contributed by atoms with Crippen molar-refractivity contribution in [1.29, 1.82) is 0 Å². The number of ether oxygens (including phenoxy) is 1. The number of hydrogen-bond acceptors (Lipinski definition) is 4. The lowest BCUT2D eigenvalue weighted by molar-refractivity contribution is 0.302. The van der Waals surface area contributed by atoms with E-state index >= 15 is 0 Å². The standard InChI is InChI=1S/C19H19BrN2O2/c1-14-9-18(22-24-14)12-21-11-16-10-17(20)7-8-19(16)23-13-15-5-3-2-4-6-15/h2-10,21H,11-13H2,1H3. The van der Waals surface area contributed by atoms with Crippen LogP contribution in [0, 0.1) is 6.92 Å². The van der Waals surface area contributed by atoms with Gasteiger partial charge in [0.2, 0.25) is 0 Å². The number of nitrogens with zero attached hydrogens (tertiary/aromatic N) is 1. The molecule has 1 aromatic heterocycles. The van der Waals surface area contributed by atoms with E-state index in [0.29, 0.717) is 19.7 Å². The van der Waals surface area contributed by atoms with Crippen LogP contribution >= 0.6 is 15.9 Å². The molecule has 5 heteroatoms. The van der Waals surface area contributed by atoms with Crippen LogP contribution in [-0.2, 0) is 19.7 Å². The zero-order valence-electron chi connectivity index (χ0n) is 13.5. The Morgan fingerprint density at radius 1 is 1.08 bits per heavy atom. The molecule has 0 bridgehead atoms. The van der Waals surface area contributed by atoms with Crippen molar-refractivity contribution in [2.45, 2.75) is 26.6 Å². The van der Waals surface area contributed by atoms with E-state index < -0.39 is 0 Å². The van der Waals surface area contributed by atoms with Crippen molar-refractivity contribution in [3.8, 4) is 5.75 Å². The molecule has 124 valence electrons. The lowest BCUT2D eigenvalue weighted by Gasteiger charge is -2.12. The summed E-state index contributed by atoms with van der Waals surface area (Å²) >= 11 is 3.52. The molecule has 3 aromatic rings. The molecule has 2 aromatic carbocycles. The minimum atomic E-state index is 0.554. The van der Waals surface area contributed by atoms with Gasteiger partial charge in [-0.2, -0.15) is 0 Å². The fourth-order valence-electron chi connectivity index (χ4n) is 2.39. The molecule has 0 saturated heterocycles. The van der Waals surface area contributed by atoms with Crippen LogP contribution in [0.15, 0.2) is 63.6 Å². The van der Waals surface area contributed by atoms with Gasteiger partial charge in [0.05, 0.1) is 5.69 Å². The molecule has 3 rings (SSSR count). The maximum absolute atomic E-state index is 5.99. The van der Waals surface area contributed by atoms with E-state index in [4.69, 9.17) is 9.26 Å². The SMILES string of the molecule is Cc1cc(CNCc2cc(Br)ccc2OCc2ccccc2)no1. The summed E-state index contributed by atoms with van der Waals surface area (Å²) in [5.41, 5.74) is 3.15. The maximum atomic E-state index is 5.99. The predicted molar refractivity (Wildman–Crippen MR) is 96.7 cm³/mol. The van der Waals surface area contributed by atoms with Crippen molar-refractivity contribution in [1.82, 2.24) is 10.5 Å². The topological polar surface area (TPSA) is 47.3 Å². The van der Waals surface area contributed by atoms with Gasteiger partial charge in [-0.3, -0.25) is 0 Å². The van der Waals surface area contributed by atoms with E-state index in [-0.39, 0.29) is 0 Å². The minimum absolute atomic E-state index is 0.554. The summed E-state index contributed by atoms with van der Waals surface area (Å²) in [6.07, 6.45) is 0. The second kappa shape index (κ2) is 8.13. The molecule has 0 saturated carbocycles. The Morgan fingerprint density at radius 2 is 1.92 bits per heavy atom. The summed E-state index contributed by atoms with van der Waals surface area (Å²) in [5.74, 6) is 1.70. The van der Waals surface area contributed by atoms with Gasteiger partial charge in [-0.05, 0) is 30.7 Å². The second-order valence-corrected chi connectivity index (χ2v) is 6.47.